The molecular formula is C12H18ClNOS. The quantitative estimate of drug-likeness (QED) is 0.859. The van der Waals surface area contributed by atoms with E-state index in [1.165, 1.54) is 4.88 Å². The summed E-state index contributed by atoms with van der Waals surface area (Å²) in [7, 11) is 1.68. The average molecular weight is 260 g/mol. The summed E-state index contributed by atoms with van der Waals surface area (Å²) < 4.78 is 0.792. The van der Waals surface area contributed by atoms with Crippen LogP contribution in [0.2, 0.25) is 4.34 Å². The van der Waals surface area contributed by atoms with Crippen molar-refractivity contribution in [2.45, 2.75) is 32.6 Å². The number of nitrogens with one attached hydrogen (secondary N) is 1. The first-order valence-corrected chi connectivity index (χ1v) is 6.68. The molecule has 0 fully saturated rings. The van der Waals surface area contributed by atoms with Crippen molar-refractivity contribution in [3.05, 3.63) is 21.3 Å². The Morgan fingerprint density at radius 1 is 1.50 bits per heavy atom. The van der Waals surface area contributed by atoms with Gasteiger partial charge in [-0.15, -0.1) is 11.3 Å². The number of hydrogen-bond acceptors (Lipinski definition) is 2. The zero-order chi connectivity index (χ0) is 12.1. The van der Waals surface area contributed by atoms with Crippen molar-refractivity contribution in [3.63, 3.8) is 0 Å². The SMILES string of the molecule is CNC(=O)CC(CC(C)C)c1ccc(Cl)s1. The number of carbonyl (C=O) groups is 1. The lowest BCUT2D eigenvalue weighted by Crippen LogP contribution is -2.20. The van der Waals surface area contributed by atoms with Gasteiger partial charge in [0.2, 0.25) is 5.91 Å². The Bertz CT molecular complexity index is 349. The standard InChI is InChI=1S/C12H18ClNOS/c1-8(2)6-9(7-12(15)14-3)10-4-5-11(13)16-10/h4-5,8-9H,6-7H2,1-3H3,(H,14,15). The number of rotatable bonds is 5. The van der Waals surface area contributed by atoms with Crippen molar-refractivity contribution in [1.29, 1.82) is 0 Å². The lowest BCUT2D eigenvalue weighted by molar-refractivity contribution is -0.121. The second kappa shape index (κ2) is 6.26. The molecule has 1 rings (SSSR count). The van der Waals surface area contributed by atoms with E-state index in [1.54, 1.807) is 18.4 Å². The van der Waals surface area contributed by atoms with E-state index in [2.05, 4.69) is 19.2 Å². The first-order valence-electron chi connectivity index (χ1n) is 5.48. The predicted octanol–water partition coefficient (Wildman–Crippen LogP) is 3.67. The maximum atomic E-state index is 11.4. The van der Waals surface area contributed by atoms with E-state index in [0.29, 0.717) is 12.3 Å². The van der Waals surface area contributed by atoms with Gasteiger partial charge in [0.05, 0.1) is 4.34 Å². The first-order chi connectivity index (χ1) is 7.52. The molecule has 0 bridgehead atoms. The van der Waals surface area contributed by atoms with Gasteiger partial charge in [-0.1, -0.05) is 25.4 Å². The third-order valence-corrected chi connectivity index (χ3v) is 3.86. The monoisotopic (exact) mass is 259 g/mol. The fourth-order valence-corrected chi connectivity index (χ4v) is 2.92. The van der Waals surface area contributed by atoms with Crippen LogP contribution in [0.5, 0.6) is 0 Å². The average Bonchev–Trinajstić information content (AvgIpc) is 2.63. The van der Waals surface area contributed by atoms with Crippen LogP contribution in [0.25, 0.3) is 0 Å². The molecule has 0 saturated heterocycles. The van der Waals surface area contributed by atoms with Gasteiger partial charge in [-0.25, -0.2) is 0 Å². The summed E-state index contributed by atoms with van der Waals surface area (Å²) in [4.78, 5) is 12.7. The Hall–Kier alpha value is -0.540. The molecule has 1 atom stereocenters. The number of halogens is 1. The maximum absolute atomic E-state index is 11.4. The van der Waals surface area contributed by atoms with Gasteiger partial charge in [0.15, 0.2) is 0 Å². The molecule has 1 unspecified atom stereocenters. The van der Waals surface area contributed by atoms with Crippen LogP contribution >= 0.6 is 22.9 Å². The largest absolute Gasteiger partial charge is 0.359 e. The van der Waals surface area contributed by atoms with Gasteiger partial charge >= 0.3 is 0 Å². The molecule has 1 aromatic rings. The van der Waals surface area contributed by atoms with Gasteiger partial charge in [-0.2, -0.15) is 0 Å². The van der Waals surface area contributed by atoms with Gasteiger partial charge in [0.1, 0.15) is 0 Å². The molecule has 0 radical (unpaired) electrons. The summed E-state index contributed by atoms with van der Waals surface area (Å²) in [5, 5.41) is 2.68. The van der Waals surface area contributed by atoms with Crippen LogP contribution in [0.15, 0.2) is 12.1 Å². The molecule has 4 heteroatoms. The summed E-state index contributed by atoms with van der Waals surface area (Å²) in [5.74, 6) is 0.961. The van der Waals surface area contributed by atoms with Gasteiger partial charge in [-0.05, 0) is 24.5 Å². The Morgan fingerprint density at radius 3 is 2.62 bits per heavy atom. The number of amides is 1. The summed E-state index contributed by atoms with van der Waals surface area (Å²) >= 11 is 7.51. The van der Waals surface area contributed by atoms with Crippen LogP contribution in [-0.4, -0.2) is 13.0 Å². The second-order valence-corrected chi connectivity index (χ2v) is 6.09. The van der Waals surface area contributed by atoms with E-state index in [4.69, 9.17) is 11.6 Å². The van der Waals surface area contributed by atoms with Crippen molar-refractivity contribution in [1.82, 2.24) is 5.32 Å². The lowest BCUT2D eigenvalue weighted by Gasteiger charge is -2.16. The van der Waals surface area contributed by atoms with E-state index in [1.807, 2.05) is 12.1 Å². The summed E-state index contributed by atoms with van der Waals surface area (Å²) in [5.41, 5.74) is 0. The van der Waals surface area contributed by atoms with Gasteiger partial charge in [0.25, 0.3) is 0 Å². The van der Waals surface area contributed by atoms with Crippen LogP contribution in [0.4, 0.5) is 0 Å². The zero-order valence-electron chi connectivity index (χ0n) is 9.92. The number of thiophene rings is 1. The molecule has 1 amide bonds. The molecular weight excluding hydrogens is 242 g/mol. The first kappa shape index (κ1) is 13.5. The molecule has 0 aromatic carbocycles. The van der Waals surface area contributed by atoms with Crippen LogP contribution in [0.3, 0.4) is 0 Å². The van der Waals surface area contributed by atoms with E-state index < -0.39 is 0 Å². The number of hydrogen-bond donors (Lipinski definition) is 1. The third-order valence-electron chi connectivity index (χ3n) is 2.46. The fourth-order valence-electron chi connectivity index (χ4n) is 1.74. The molecule has 0 aliphatic heterocycles. The molecule has 2 nitrogen and oxygen atoms in total. The predicted molar refractivity (Wildman–Crippen MR) is 70.2 cm³/mol. The minimum absolute atomic E-state index is 0.0928. The van der Waals surface area contributed by atoms with E-state index >= 15 is 0 Å². The van der Waals surface area contributed by atoms with Crippen LogP contribution in [-0.2, 0) is 4.79 Å². The Kier molecular flexibility index (Phi) is 5.29. The molecule has 90 valence electrons. The second-order valence-electron chi connectivity index (χ2n) is 4.35. The summed E-state index contributed by atoms with van der Waals surface area (Å²) in [6, 6.07) is 3.93. The van der Waals surface area contributed by atoms with E-state index in [-0.39, 0.29) is 11.8 Å². The van der Waals surface area contributed by atoms with Gasteiger partial charge in [0, 0.05) is 24.3 Å². The highest BCUT2D eigenvalue weighted by molar-refractivity contribution is 7.16. The molecule has 1 aromatic heterocycles. The van der Waals surface area contributed by atoms with Crippen molar-refractivity contribution >= 4 is 28.8 Å². The molecule has 0 aliphatic rings. The van der Waals surface area contributed by atoms with Crippen LogP contribution in [0, 0.1) is 5.92 Å². The minimum Gasteiger partial charge on any atom is -0.359 e. The normalized spacial score (nSPS) is 12.8. The summed E-state index contributed by atoms with van der Waals surface area (Å²) in [6.45, 7) is 4.35. The highest BCUT2D eigenvalue weighted by Gasteiger charge is 2.18. The van der Waals surface area contributed by atoms with Crippen molar-refractivity contribution < 1.29 is 4.79 Å². The topological polar surface area (TPSA) is 29.1 Å². The molecule has 0 spiro atoms. The van der Waals surface area contributed by atoms with E-state index in [9.17, 15) is 4.79 Å². The Morgan fingerprint density at radius 2 is 2.19 bits per heavy atom. The summed E-state index contributed by atoms with van der Waals surface area (Å²) in [6.07, 6.45) is 1.57. The maximum Gasteiger partial charge on any atom is 0.220 e. The van der Waals surface area contributed by atoms with Gasteiger partial charge < -0.3 is 5.32 Å². The number of carbonyl (C=O) groups excluding carboxylic acids is 1. The Labute approximate surface area is 106 Å². The zero-order valence-corrected chi connectivity index (χ0v) is 11.5. The smallest absolute Gasteiger partial charge is 0.220 e. The third kappa shape index (κ3) is 4.14. The Balaban J connectivity index is 2.74. The minimum atomic E-state index is 0.0928. The van der Waals surface area contributed by atoms with Crippen molar-refractivity contribution in [2.75, 3.05) is 7.05 Å². The molecule has 1 heterocycles. The molecule has 1 N–H and O–H groups in total. The fraction of sp³-hybridized carbons (Fsp3) is 0.583. The lowest BCUT2D eigenvalue weighted by atomic mass is 9.92. The van der Waals surface area contributed by atoms with E-state index in [0.717, 1.165) is 10.8 Å². The van der Waals surface area contributed by atoms with Gasteiger partial charge in [-0.3, -0.25) is 4.79 Å². The highest BCUT2D eigenvalue weighted by Crippen LogP contribution is 2.34. The molecule has 0 saturated carbocycles. The van der Waals surface area contributed by atoms with Crippen molar-refractivity contribution in [3.8, 4) is 0 Å². The van der Waals surface area contributed by atoms with Crippen LogP contribution < -0.4 is 5.32 Å². The molecule has 0 aliphatic carbocycles. The van der Waals surface area contributed by atoms with Crippen molar-refractivity contribution in [2.24, 2.45) is 5.92 Å². The highest BCUT2D eigenvalue weighted by atomic mass is 35.5. The van der Waals surface area contributed by atoms with Crippen LogP contribution in [0.1, 0.15) is 37.5 Å². The molecule has 16 heavy (non-hydrogen) atoms.